The third-order valence-electron chi connectivity index (χ3n) is 7.37. The van der Waals surface area contributed by atoms with Crippen LogP contribution in [-0.2, 0) is 26.3 Å². The lowest BCUT2D eigenvalue weighted by atomic mass is 9.66. The first-order chi connectivity index (χ1) is 14.7. The molecule has 0 amide bonds. The average molecular weight is 421 g/mol. The Balaban J connectivity index is 1.69. The minimum atomic E-state index is -0.984. The Labute approximate surface area is 183 Å². The van der Waals surface area contributed by atoms with Crippen LogP contribution < -0.4 is 9.47 Å². The molecule has 2 aliphatic heterocycles. The van der Waals surface area contributed by atoms with Gasteiger partial charge in [0.2, 0.25) is 0 Å². The molecule has 1 aliphatic carbocycles. The molecule has 2 fully saturated rings. The van der Waals surface area contributed by atoms with Crippen molar-refractivity contribution >= 4 is 11.9 Å². The summed E-state index contributed by atoms with van der Waals surface area (Å²) in [6.07, 6.45) is 3.08. The van der Waals surface area contributed by atoms with Gasteiger partial charge in [-0.1, -0.05) is 24.3 Å². The Kier molecular flexibility index (Phi) is 4.37. The van der Waals surface area contributed by atoms with E-state index in [2.05, 4.69) is 12.1 Å². The number of ketones is 1. The number of fused-ring (bicyclic) bond motifs is 5. The maximum atomic E-state index is 13.5. The summed E-state index contributed by atoms with van der Waals surface area (Å²) in [6, 6.07) is 13.9. The first kappa shape index (κ1) is 20.3. The molecule has 0 N–H and O–H groups in total. The van der Waals surface area contributed by atoms with Crippen LogP contribution in [0.1, 0.15) is 43.9 Å². The molecule has 0 unspecified atom stereocenters. The predicted octanol–water partition coefficient (Wildman–Crippen LogP) is 4.67. The Hall–Kier alpha value is -2.63. The number of carbonyl (C=O) groups excluding carboxylic acids is 1. The summed E-state index contributed by atoms with van der Waals surface area (Å²) < 4.78 is 23.9. The van der Waals surface area contributed by atoms with Gasteiger partial charge in [-0.2, -0.15) is 0 Å². The van der Waals surface area contributed by atoms with Gasteiger partial charge in [-0.3, -0.25) is 4.79 Å². The van der Waals surface area contributed by atoms with E-state index in [0.29, 0.717) is 0 Å². The van der Waals surface area contributed by atoms with Crippen LogP contribution in [0.25, 0.3) is 6.08 Å². The van der Waals surface area contributed by atoms with Crippen molar-refractivity contribution in [3.05, 3.63) is 64.7 Å². The second kappa shape index (κ2) is 6.68. The van der Waals surface area contributed by atoms with E-state index in [-0.39, 0.29) is 5.78 Å². The number of carbonyl (C=O) groups is 1. The Morgan fingerprint density at radius 2 is 1.65 bits per heavy atom. The zero-order valence-corrected chi connectivity index (χ0v) is 18.7. The number of Topliss-reactive ketones (excluding diaryl/α,β-unsaturated/α-hetero) is 1. The van der Waals surface area contributed by atoms with Gasteiger partial charge in [0.15, 0.2) is 23.3 Å². The maximum Gasteiger partial charge on any atom is 0.180 e. The van der Waals surface area contributed by atoms with E-state index in [1.165, 1.54) is 0 Å². The fourth-order valence-corrected chi connectivity index (χ4v) is 5.16. The van der Waals surface area contributed by atoms with Crippen molar-refractivity contribution in [2.45, 2.75) is 51.1 Å². The smallest absolute Gasteiger partial charge is 0.180 e. The summed E-state index contributed by atoms with van der Waals surface area (Å²) in [5.41, 5.74) is 2.59. The van der Waals surface area contributed by atoms with E-state index in [0.717, 1.165) is 46.6 Å². The monoisotopic (exact) mass is 420 g/mol. The predicted molar refractivity (Wildman–Crippen MR) is 117 cm³/mol. The maximum absolute atomic E-state index is 13.5. The van der Waals surface area contributed by atoms with E-state index >= 15 is 0 Å². The van der Waals surface area contributed by atoms with Crippen molar-refractivity contribution in [3.8, 4) is 11.5 Å². The summed E-state index contributed by atoms with van der Waals surface area (Å²) in [5, 5.41) is 0. The topological polar surface area (TPSA) is 54.0 Å². The molecule has 5 rings (SSSR count). The van der Waals surface area contributed by atoms with Gasteiger partial charge in [-0.15, -0.1) is 0 Å². The third kappa shape index (κ3) is 2.66. The van der Waals surface area contributed by atoms with Crippen molar-refractivity contribution in [1.82, 2.24) is 0 Å². The van der Waals surface area contributed by atoms with Gasteiger partial charge in [0.05, 0.1) is 19.6 Å². The summed E-state index contributed by atoms with van der Waals surface area (Å²) in [4.78, 5) is 13.5. The minimum absolute atomic E-state index is 0.0885. The molecule has 2 heterocycles. The molecule has 2 saturated heterocycles. The first-order valence-electron chi connectivity index (χ1n) is 10.7. The van der Waals surface area contributed by atoms with Crippen molar-refractivity contribution in [3.63, 3.8) is 0 Å². The van der Waals surface area contributed by atoms with Crippen LogP contribution >= 0.6 is 0 Å². The van der Waals surface area contributed by atoms with Gasteiger partial charge in [-0.05, 0) is 80.1 Å². The van der Waals surface area contributed by atoms with Crippen molar-refractivity contribution in [1.29, 1.82) is 0 Å². The molecule has 0 aromatic heterocycles. The lowest BCUT2D eigenvalue weighted by molar-refractivity contribution is -0.218. The number of methoxy groups -OCH3 is 2. The van der Waals surface area contributed by atoms with Gasteiger partial charge in [0, 0.05) is 0 Å². The van der Waals surface area contributed by atoms with Crippen LogP contribution in [0.2, 0.25) is 0 Å². The third-order valence-corrected chi connectivity index (χ3v) is 7.37. The molecule has 0 radical (unpaired) electrons. The molecular weight excluding hydrogens is 392 g/mol. The minimum Gasteiger partial charge on any atom is -0.497 e. The van der Waals surface area contributed by atoms with Crippen molar-refractivity contribution < 1.29 is 23.7 Å². The van der Waals surface area contributed by atoms with Crippen LogP contribution in [0, 0.1) is 5.41 Å². The largest absolute Gasteiger partial charge is 0.497 e. The van der Waals surface area contributed by atoms with Gasteiger partial charge in [0.1, 0.15) is 11.5 Å². The number of hydrogen-bond donors (Lipinski definition) is 0. The summed E-state index contributed by atoms with van der Waals surface area (Å²) in [6.45, 7) is 5.71. The van der Waals surface area contributed by atoms with E-state index in [1.54, 1.807) is 14.2 Å². The SMILES string of the molecule is COc1ccc(/C=C2\CCc3cc(OC)ccc3[C@@]23O[C@]2(C)O[C@H]3C(=O)C2(C)C)cc1. The number of rotatable bonds is 3. The Bertz CT molecular complexity index is 1080. The molecule has 0 saturated carbocycles. The van der Waals surface area contributed by atoms with Gasteiger partial charge >= 0.3 is 0 Å². The van der Waals surface area contributed by atoms with Crippen LogP contribution in [0.5, 0.6) is 11.5 Å². The van der Waals surface area contributed by atoms with Gasteiger partial charge in [0.25, 0.3) is 0 Å². The van der Waals surface area contributed by atoms with E-state index in [9.17, 15) is 4.79 Å². The summed E-state index contributed by atoms with van der Waals surface area (Å²) in [7, 11) is 3.32. The van der Waals surface area contributed by atoms with Crippen LogP contribution in [0.15, 0.2) is 48.0 Å². The van der Waals surface area contributed by atoms with Gasteiger partial charge in [-0.25, -0.2) is 0 Å². The highest BCUT2D eigenvalue weighted by Crippen LogP contribution is 2.63. The molecule has 2 bridgehead atoms. The quantitative estimate of drug-likeness (QED) is 0.722. The second-order valence-electron chi connectivity index (χ2n) is 9.24. The zero-order valence-electron chi connectivity index (χ0n) is 18.7. The number of ether oxygens (including phenoxy) is 4. The lowest BCUT2D eigenvalue weighted by Crippen LogP contribution is -2.56. The molecule has 3 atom stereocenters. The normalized spacial score (nSPS) is 31.8. The highest BCUT2D eigenvalue weighted by molar-refractivity contribution is 5.95. The molecule has 3 aliphatic rings. The number of hydrogen-bond acceptors (Lipinski definition) is 5. The highest BCUT2D eigenvalue weighted by atomic mass is 16.8. The van der Waals surface area contributed by atoms with Gasteiger partial charge < -0.3 is 18.9 Å². The highest BCUT2D eigenvalue weighted by Gasteiger charge is 2.74. The molecular formula is C26H28O5. The first-order valence-corrected chi connectivity index (χ1v) is 10.7. The zero-order chi connectivity index (χ0) is 22.0. The van der Waals surface area contributed by atoms with Crippen molar-refractivity contribution in [2.24, 2.45) is 5.41 Å². The van der Waals surface area contributed by atoms with E-state index in [1.807, 2.05) is 57.2 Å². The second-order valence-corrected chi connectivity index (χ2v) is 9.24. The molecule has 5 nitrogen and oxygen atoms in total. The standard InChI is InChI=1S/C26H28O5/c1-24(2)22(27)23-26(31-25(24,3)30-23)18(14-16-6-10-19(28-4)11-7-16)9-8-17-15-20(29-5)12-13-21(17)26/h6-7,10-15,23H,8-9H2,1-5H3/b18-14+/t23-,25-,26-/m0/s1. The molecule has 1 spiro atoms. The Morgan fingerprint density at radius 1 is 0.968 bits per heavy atom. The fourth-order valence-electron chi connectivity index (χ4n) is 5.16. The summed E-state index contributed by atoms with van der Waals surface area (Å²) in [5.74, 6) is 0.716. The van der Waals surface area contributed by atoms with E-state index in [4.69, 9.17) is 18.9 Å². The molecule has 2 aromatic rings. The van der Waals surface area contributed by atoms with Crippen molar-refractivity contribution in [2.75, 3.05) is 14.2 Å². The lowest BCUT2D eigenvalue weighted by Gasteiger charge is -2.47. The fraction of sp³-hybridized carbons (Fsp3) is 0.423. The average Bonchev–Trinajstić information content (AvgIpc) is 3.18. The molecule has 162 valence electrons. The molecule has 31 heavy (non-hydrogen) atoms. The van der Waals surface area contributed by atoms with Crippen LogP contribution in [0.3, 0.4) is 0 Å². The van der Waals surface area contributed by atoms with Crippen LogP contribution in [-0.4, -0.2) is 31.9 Å². The van der Waals surface area contributed by atoms with E-state index < -0.39 is 22.9 Å². The van der Waals surface area contributed by atoms with Crippen LogP contribution in [0.4, 0.5) is 0 Å². The number of benzene rings is 2. The molecule has 2 aromatic carbocycles. The number of aryl methyl sites for hydroxylation is 1. The Morgan fingerprint density at radius 3 is 2.26 bits per heavy atom. The summed E-state index contributed by atoms with van der Waals surface area (Å²) >= 11 is 0. The molecule has 5 heteroatoms.